The highest BCUT2D eigenvalue weighted by atomic mass is 32.1. The molecule has 0 aliphatic rings. The number of nitro benzene ring substituents is 1. The molecule has 0 fully saturated rings. The van der Waals surface area contributed by atoms with Gasteiger partial charge in [0.2, 0.25) is 5.91 Å². The van der Waals surface area contributed by atoms with Gasteiger partial charge in [0.15, 0.2) is 0 Å². The lowest BCUT2D eigenvalue weighted by Crippen LogP contribution is -2.30. The summed E-state index contributed by atoms with van der Waals surface area (Å²) in [5.41, 5.74) is 1.70. The molecular formula is C22H17FN4O4S. The van der Waals surface area contributed by atoms with E-state index in [1.807, 2.05) is 0 Å². The lowest BCUT2D eigenvalue weighted by Gasteiger charge is -2.12. The fourth-order valence-electron chi connectivity index (χ4n) is 3.35. The van der Waals surface area contributed by atoms with Crippen molar-refractivity contribution >= 4 is 38.8 Å². The van der Waals surface area contributed by atoms with Gasteiger partial charge in [0, 0.05) is 23.1 Å². The molecule has 4 rings (SSSR count). The van der Waals surface area contributed by atoms with Gasteiger partial charge in [-0.3, -0.25) is 24.3 Å². The molecule has 0 saturated carbocycles. The molecule has 0 bridgehead atoms. The van der Waals surface area contributed by atoms with E-state index in [0.29, 0.717) is 38.4 Å². The van der Waals surface area contributed by atoms with Crippen molar-refractivity contribution < 1.29 is 14.1 Å². The van der Waals surface area contributed by atoms with Crippen LogP contribution in [0.1, 0.15) is 11.4 Å². The number of rotatable bonds is 5. The molecule has 1 N–H and O–H groups in total. The average molecular weight is 452 g/mol. The van der Waals surface area contributed by atoms with Crippen LogP contribution in [-0.2, 0) is 11.3 Å². The maximum Gasteiger partial charge on any atom is 0.271 e. The third-order valence-corrected chi connectivity index (χ3v) is 5.92. The second-order valence-corrected chi connectivity index (χ2v) is 8.05. The van der Waals surface area contributed by atoms with E-state index in [1.165, 1.54) is 40.2 Å². The number of anilines is 1. The summed E-state index contributed by atoms with van der Waals surface area (Å²) in [4.78, 5) is 41.4. The van der Waals surface area contributed by atoms with Gasteiger partial charge in [-0.15, -0.1) is 11.3 Å². The number of hydrogen-bond acceptors (Lipinski definition) is 6. The van der Waals surface area contributed by atoms with E-state index in [4.69, 9.17) is 0 Å². The molecule has 0 spiro atoms. The molecule has 0 aliphatic heterocycles. The van der Waals surface area contributed by atoms with Crippen LogP contribution in [0.5, 0.6) is 0 Å². The summed E-state index contributed by atoms with van der Waals surface area (Å²) < 4.78 is 14.6. The molecule has 8 nitrogen and oxygen atoms in total. The van der Waals surface area contributed by atoms with Gasteiger partial charge in [0.1, 0.15) is 23.0 Å². The van der Waals surface area contributed by atoms with Crippen molar-refractivity contribution in [1.29, 1.82) is 0 Å². The Morgan fingerprint density at radius 3 is 2.62 bits per heavy atom. The molecule has 0 aliphatic carbocycles. The van der Waals surface area contributed by atoms with Crippen LogP contribution in [0.4, 0.5) is 15.8 Å². The number of nitrogens with one attached hydrogen (secondary N) is 1. The molecule has 2 heterocycles. The van der Waals surface area contributed by atoms with Crippen LogP contribution >= 0.6 is 11.3 Å². The largest absolute Gasteiger partial charge is 0.324 e. The number of carbonyl (C=O) groups excluding carboxylic acids is 1. The number of nitrogens with zero attached hydrogens (tertiary/aromatic N) is 3. The molecule has 4 aromatic rings. The van der Waals surface area contributed by atoms with Gasteiger partial charge in [-0.05, 0) is 37.1 Å². The molecule has 0 unspecified atom stereocenters. The maximum atomic E-state index is 13.3. The van der Waals surface area contributed by atoms with Crippen LogP contribution in [-0.4, -0.2) is 20.4 Å². The Balaban J connectivity index is 1.69. The molecule has 0 saturated heterocycles. The lowest BCUT2D eigenvalue weighted by molar-refractivity contribution is -0.384. The second-order valence-electron chi connectivity index (χ2n) is 7.19. The van der Waals surface area contributed by atoms with Crippen LogP contribution < -0.4 is 10.9 Å². The van der Waals surface area contributed by atoms with Gasteiger partial charge in [-0.1, -0.05) is 18.2 Å². The number of aryl methyl sites for hydroxylation is 2. The number of hydrogen-bond donors (Lipinski definition) is 1. The van der Waals surface area contributed by atoms with Gasteiger partial charge in [0.05, 0.1) is 16.0 Å². The lowest BCUT2D eigenvalue weighted by atomic mass is 10.1. The third-order valence-electron chi connectivity index (χ3n) is 5.05. The van der Waals surface area contributed by atoms with Crippen molar-refractivity contribution in [2.24, 2.45) is 0 Å². The van der Waals surface area contributed by atoms with E-state index in [1.54, 1.807) is 37.4 Å². The Labute approximate surface area is 185 Å². The monoisotopic (exact) mass is 452 g/mol. The van der Waals surface area contributed by atoms with Gasteiger partial charge in [-0.2, -0.15) is 0 Å². The standard InChI is InChI=1S/C22H17FN4O4S/c1-12-3-8-16(27(30)31)9-18(12)25-19(28)10-26-13(2)24-21-20(22(26)29)17(11-32-21)14-4-6-15(23)7-5-14/h3-9,11H,10H2,1-2H3,(H,25,28). The first kappa shape index (κ1) is 21.3. The average Bonchev–Trinajstić information content (AvgIpc) is 3.17. The molecule has 162 valence electrons. The van der Waals surface area contributed by atoms with Crippen LogP contribution in [0.15, 0.2) is 52.6 Å². The minimum absolute atomic E-state index is 0.149. The van der Waals surface area contributed by atoms with E-state index >= 15 is 0 Å². The first-order valence-electron chi connectivity index (χ1n) is 9.54. The fourth-order valence-corrected chi connectivity index (χ4v) is 4.33. The van der Waals surface area contributed by atoms with Crippen molar-refractivity contribution in [3.8, 4) is 11.1 Å². The Morgan fingerprint density at radius 1 is 1.22 bits per heavy atom. The summed E-state index contributed by atoms with van der Waals surface area (Å²) in [6.07, 6.45) is 0. The number of non-ortho nitro benzene ring substituents is 1. The highest BCUT2D eigenvalue weighted by Gasteiger charge is 2.18. The van der Waals surface area contributed by atoms with E-state index in [9.17, 15) is 24.1 Å². The highest BCUT2D eigenvalue weighted by Crippen LogP contribution is 2.31. The normalized spacial score (nSPS) is 11.0. The minimum atomic E-state index is -0.546. The van der Waals surface area contributed by atoms with Crippen LogP contribution in [0.3, 0.4) is 0 Å². The van der Waals surface area contributed by atoms with Crippen LogP contribution in [0.2, 0.25) is 0 Å². The number of fused-ring (bicyclic) bond motifs is 1. The van der Waals surface area contributed by atoms with Crippen molar-refractivity contribution in [2.45, 2.75) is 20.4 Å². The molecule has 32 heavy (non-hydrogen) atoms. The zero-order valence-electron chi connectivity index (χ0n) is 17.1. The maximum absolute atomic E-state index is 13.3. The van der Waals surface area contributed by atoms with Crippen molar-refractivity contribution in [1.82, 2.24) is 9.55 Å². The number of thiophene rings is 1. The van der Waals surface area contributed by atoms with Crippen molar-refractivity contribution in [3.63, 3.8) is 0 Å². The predicted octanol–water partition coefficient (Wildman–Crippen LogP) is 4.43. The zero-order valence-corrected chi connectivity index (χ0v) is 17.9. The second kappa shape index (κ2) is 8.31. The van der Waals surface area contributed by atoms with E-state index in [-0.39, 0.29) is 23.6 Å². The third kappa shape index (κ3) is 4.00. The zero-order chi connectivity index (χ0) is 23.0. The Bertz CT molecular complexity index is 1430. The number of nitro groups is 1. The Morgan fingerprint density at radius 2 is 1.94 bits per heavy atom. The predicted molar refractivity (Wildman–Crippen MR) is 120 cm³/mol. The minimum Gasteiger partial charge on any atom is -0.324 e. The number of halogens is 1. The summed E-state index contributed by atoms with van der Waals surface area (Å²) >= 11 is 1.30. The molecule has 0 atom stereocenters. The van der Waals surface area contributed by atoms with Crippen LogP contribution in [0.25, 0.3) is 21.3 Å². The summed E-state index contributed by atoms with van der Waals surface area (Å²) in [6.45, 7) is 3.03. The summed E-state index contributed by atoms with van der Waals surface area (Å²) in [7, 11) is 0. The van der Waals surface area contributed by atoms with Crippen molar-refractivity contribution in [3.05, 3.63) is 85.5 Å². The molecule has 0 radical (unpaired) electrons. The summed E-state index contributed by atoms with van der Waals surface area (Å²) in [5, 5.41) is 15.8. The van der Waals surface area contributed by atoms with Gasteiger partial charge in [0.25, 0.3) is 11.2 Å². The SMILES string of the molecule is Cc1ccc([N+](=O)[O-])cc1NC(=O)Cn1c(C)nc2scc(-c3ccc(F)cc3)c2c1=O. The Hall–Kier alpha value is -3.92. The molecule has 10 heteroatoms. The number of carbonyl (C=O) groups is 1. The number of aromatic nitrogens is 2. The highest BCUT2D eigenvalue weighted by molar-refractivity contribution is 7.17. The van der Waals surface area contributed by atoms with Gasteiger partial charge in [-0.25, -0.2) is 9.37 Å². The smallest absolute Gasteiger partial charge is 0.271 e. The molecule has 1 amide bonds. The van der Waals surface area contributed by atoms with E-state index in [2.05, 4.69) is 10.3 Å². The van der Waals surface area contributed by atoms with Crippen LogP contribution in [0, 0.1) is 29.8 Å². The number of benzene rings is 2. The first-order chi connectivity index (χ1) is 15.2. The van der Waals surface area contributed by atoms with Crippen molar-refractivity contribution in [2.75, 3.05) is 5.32 Å². The van der Waals surface area contributed by atoms with E-state index < -0.39 is 10.8 Å². The van der Waals surface area contributed by atoms with Gasteiger partial charge < -0.3 is 5.32 Å². The summed E-state index contributed by atoms with van der Waals surface area (Å²) in [6, 6.07) is 9.96. The Kier molecular flexibility index (Phi) is 5.54. The van der Waals surface area contributed by atoms with Gasteiger partial charge >= 0.3 is 0 Å². The molecule has 2 aromatic carbocycles. The number of amides is 1. The molecule has 2 aromatic heterocycles. The fraction of sp³-hybridized carbons (Fsp3) is 0.136. The van der Waals surface area contributed by atoms with E-state index in [0.717, 1.165) is 0 Å². The summed E-state index contributed by atoms with van der Waals surface area (Å²) in [5.74, 6) is -0.535. The molecular weight excluding hydrogens is 435 g/mol. The topological polar surface area (TPSA) is 107 Å². The quantitative estimate of drug-likeness (QED) is 0.356. The first-order valence-corrected chi connectivity index (χ1v) is 10.4.